The number of nitrogens with zero attached hydrogens (tertiary/aromatic N) is 3. The standard InChI is InChI=1S/C23H18F2N4O2/c1-31-23(30)17-9-2-13(10-19(17)27-15-5-6-15)21-18(25)11-26-20-12-29(28-22(20)21)16-7-3-14(24)4-8-16/h2-4,7-12,15,27H,5-6H2,1H3. The molecule has 0 unspecified atom stereocenters. The van der Waals surface area contributed by atoms with E-state index in [2.05, 4.69) is 15.4 Å². The highest BCUT2D eigenvalue weighted by molar-refractivity contribution is 5.98. The second-order valence-corrected chi connectivity index (χ2v) is 7.44. The van der Waals surface area contributed by atoms with Crippen LogP contribution < -0.4 is 5.32 Å². The van der Waals surface area contributed by atoms with Crippen molar-refractivity contribution in [3.63, 3.8) is 0 Å². The molecule has 1 saturated carbocycles. The molecule has 2 heterocycles. The van der Waals surface area contributed by atoms with Gasteiger partial charge in [0, 0.05) is 17.3 Å². The van der Waals surface area contributed by atoms with Crippen LogP contribution in [0.5, 0.6) is 0 Å². The number of nitrogens with one attached hydrogen (secondary N) is 1. The van der Waals surface area contributed by atoms with E-state index in [0.717, 1.165) is 19.0 Å². The molecule has 6 nitrogen and oxygen atoms in total. The number of carbonyl (C=O) groups excluding carboxylic acids is 1. The summed E-state index contributed by atoms with van der Waals surface area (Å²) in [4.78, 5) is 16.3. The van der Waals surface area contributed by atoms with E-state index in [1.807, 2.05) is 0 Å². The Hall–Kier alpha value is -3.81. The summed E-state index contributed by atoms with van der Waals surface area (Å²) in [5.74, 6) is -1.35. The summed E-state index contributed by atoms with van der Waals surface area (Å²) in [5, 5.41) is 7.82. The predicted octanol–water partition coefficient (Wildman–Crippen LogP) is 4.73. The lowest BCUT2D eigenvalue weighted by Gasteiger charge is -2.13. The van der Waals surface area contributed by atoms with Gasteiger partial charge < -0.3 is 10.1 Å². The van der Waals surface area contributed by atoms with Crippen LogP contribution in [-0.2, 0) is 4.74 Å². The first-order valence-corrected chi connectivity index (χ1v) is 9.82. The minimum atomic E-state index is -0.528. The first kappa shape index (κ1) is 19.2. The van der Waals surface area contributed by atoms with Gasteiger partial charge in [0.1, 0.15) is 16.9 Å². The number of fused-ring (bicyclic) bond motifs is 1. The van der Waals surface area contributed by atoms with E-state index in [1.54, 1.807) is 36.5 Å². The molecule has 156 valence electrons. The van der Waals surface area contributed by atoms with Crippen molar-refractivity contribution in [2.75, 3.05) is 12.4 Å². The maximum absolute atomic E-state index is 14.9. The van der Waals surface area contributed by atoms with Gasteiger partial charge in [0.2, 0.25) is 0 Å². The van der Waals surface area contributed by atoms with Crippen LogP contribution in [0.2, 0.25) is 0 Å². The van der Waals surface area contributed by atoms with E-state index in [9.17, 15) is 13.6 Å². The number of benzene rings is 2. The molecule has 0 atom stereocenters. The fourth-order valence-electron chi connectivity index (χ4n) is 3.50. The Kier molecular flexibility index (Phi) is 4.62. The van der Waals surface area contributed by atoms with Crippen molar-refractivity contribution < 1.29 is 18.3 Å². The zero-order valence-corrected chi connectivity index (χ0v) is 16.6. The number of halogens is 2. The van der Waals surface area contributed by atoms with E-state index < -0.39 is 11.8 Å². The molecular weight excluding hydrogens is 402 g/mol. The van der Waals surface area contributed by atoms with E-state index in [-0.39, 0.29) is 11.4 Å². The Morgan fingerprint density at radius 1 is 1.16 bits per heavy atom. The van der Waals surface area contributed by atoms with Crippen molar-refractivity contribution in [2.45, 2.75) is 18.9 Å². The monoisotopic (exact) mass is 420 g/mol. The van der Waals surface area contributed by atoms with Gasteiger partial charge in [-0.05, 0) is 54.8 Å². The van der Waals surface area contributed by atoms with Crippen LogP contribution in [0, 0.1) is 11.6 Å². The number of ether oxygens (including phenoxy) is 1. The Bertz CT molecular complexity index is 1300. The smallest absolute Gasteiger partial charge is 0.339 e. The van der Waals surface area contributed by atoms with Crippen LogP contribution in [0.1, 0.15) is 23.2 Å². The fraction of sp³-hybridized carbons (Fsp3) is 0.174. The highest BCUT2D eigenvalue weighted by Gasteiger charge is 2.25. The third-order valence-electron chi connectivity index (χ3n) is 5.23. The van der Waals surface area contributed by atoms with Crippen molar-refractivity contribution in [1.82, 2.24) is 14.8 Å². The molecule has 0 aliphatic heterocycles. The van der Waals surface area contributed by atoms with Crippen LogP contribution in [-0.4, -0.2) is 33.9 Å². The summed E-state index contributed by atoms with van der Waals surface area (Å²) >= 11 is 0. The zero-order chi connectivity index (χ0) is 21.5. The van der Waals surface area contributed by atoms with Gasteiger partial charge >= 0.3 is 5.97 Å². The third kappa shape index (κ3) is 3.61. The molecule has 5 rings (SSSR count). The van der Waals surface area contributed by atoms with Gasteiger partial charge in [-0.15, -0.1) is 0 Å². The van der Waals surface area contributed by atoms with Crippen molar-refractivity contribution in [3.05, 3.63) is 72.1 Å². The number of rotatable bonds is 5. The largest absolute Gasteiger partial charge is 0.465 e. The zero-order valence-electron chi connectivity index (χ0n) is 16.6. The lowest BCUT2D eigenvalue weighted by Crippen LogP contribution is -2.10. The first-order chi connectivity index (χ1) is 15.0. The van der Waals surface area contributed by atoms with Crippen molar-refractivity contribution in [2.24, 2.45) is 0 Å². The minimum Gasteiger partial charge on any atom is -0.465 e. The molecule has 0 amide bonds. The molecule has 1 aliphatic carbocycles. The Morgan fingerprint density at radius 3 is 2.65 bits per heavy atom. The number of hydrogen-bond donors (Lipinski definition) is 1. The van der Waals surface area contributed by atoms with Gasteiger partial charge in [-0.2, -0.15) is 5.10 Å². The molecule has 0 bridgehead atoms. The summed E-state index contributed by atoms with van der Waals surface area (Å²) in [5.41, 5.74) is 3.31. The number of esters is 1. The Morgan fingerprint density at radius 2 is 1.94 bits per heavy atom. The highest BCUT2D eigenvalue weighted by Crippen LogP contribution is 2.35. The van der Waals surface area contributed by atoms with E-state index in [4.69, 9.17) is 4.74 Å². The molecule has 0 saturated heterocycles. The number of carbonyl (C=O) groups is 1. The topological polar surface area (TPSA) is 69.0 Å². The molecule has 0 radical (unpaired) electrons. The summed E-state index contributed by atoms with van der Waals surface area (Å²) in [7, 11) is 1.32. The molecule has 8 heteroatoms. The van der Waals surface area contributed by atoms with Crippen LogP contribution in [0.3, 0.4) is 0 Å². The fourth-order valence-corrected chi connectivity index (χ4v) is 3.50. The van der Waals surface area contributed by atoms with Gasteiger partial charge in [-0.3, -0.25) is 0 Å². The maximum Gasteiger partial charge on any atom is 0.339 e. The van der Waals surface area contributed by atoms with Crippen LogP contribution in [0.25, 0.3) is 27.8 Å². The van der Waals surface area contributed by atoms with Gasteiger partial charge in [-0.1, -0.05) is 6.07 Å². The van der Waals surface area contributed by atoms with E-state index in [0.29, 0.717) is 39.6 Å². The van der Waals surface area contributed by atoms with Crippen molar-refractivity contribution >= 4 is 22.7 Å². The van der Waals surface area contributed by atoms with Crippen LogP contribution in [0.15, 0.2) is 54.9 Å². The average molecular weight is 420 g/mol. The molecule has 2 aromatic carbocycles. The van der Waals surface area contributed by atoms with Crippen molar-refractivity contribution in [3.8, 4) is 16.8 Å². The summed E-state index contributed by atoms with van der Waals surface area (Å²) < 4.78 is 34.6. The molecule has 0 spiro atoms. The number of methoxy groups -OCH3 is 1. The van der Waals surface area contributed by atoms with E-state index in [1.165, 1.54) is 23.9 Å². The summed E-state index contributed by atoms with van der Waals surface area (Å²) in [6.45, 7) is 0. The Balaban J connectivity index is 1.64. The Labute approximate surface area is 176 Å². The van der Waals surface area contributed by atoms with Crippen molar-refractivity contribution in [1.29, 1.82) is 0 Å². The number of pyridine rings is 1. The van der Waals surface area contributed by atoms with Gasteiger partial charge in [0.25, 0.3) is 0 Å². The third-order valence-corrected chi connectivity index (χ3v) is 5.23. The van der Waals surface area contributed by atoms with Crippen LogP contribution in [0.4, 0.5) is 14.5 Å². The average Bonchev–Trinajstić information content (AvgIpc) is 3.49. The van der Waals surface area contributed by atoms with Gasteiger partial charge in [-0.25, -0.2) is 23.2 Å². The molecule has 31 heavy (non-hydrogen) atoms. The van der Waals surface area contributed by atoms with Crippen LogP contribution >= 0.6 is 0 Å². The number of anilines is 1. The molecule has 4 aromatic rings. The predicted molar refractivity (Wildman–Crippen MR) is 112 cm³/mol. The second kappa shape index (κ2) is 7.46. The van der Waals surface area contributed by atoms with Gasteiger partial charge in [0.05, 0.1) is 30.8 Å². The van der Waals surface area contributed by atoms with Gasteiger partial charge in [0.15, 0.2) is 5.82 Å². The number of aromatic nitrogens is 3. The normalized spacial score (nSPS) is 13.4. The molecule has 2 aromatic heterocycles. The second-order valence-electron chi connectivity index (χ2n) is 7.44. The first-order valence-electron chi connectivity index (χ1n) is 9.82. The quantitative estimate of drug-likeness (QED) is 0.473. The highest BCUT2D eigenvalue weighted by atomic mass is 19.1. The molecule has 1 N–H and O–H groups in total. The maximum atomic E-state index is 14.9. The summed E-state index contributed by atoms with van der Waals surface area (Å²) in [6, 6.07) is 11.1. The lowest BCUT2D eigenvalue weighted by molar-refractivity contribution is 0.0602. The summed E-state index contributed by atoms with van der Waals surface area (Å²) in [6.07, 6.45) is 4.84. The van der Waals surface area contributed by atoms with E-state index >= 15 is 0 Å². The minimum absolute atomic E-state index is 0.279. The molecule has 1 fully saturated rings. The number of hydrogen-bond acceptors (Lipinski definition) is 5. The molecular formula is C23H18F2N4O2. The molecule has 1 aliphatic rings. The lowest BCUT2D eigenvalue weighted by atomic mass is 10.0. The SMILES string of the molecule is COC(=O)c1ccc(-c2c(F)cnc3cn(-c4ccc(F)cc4)nc23)cc1NC1CC1.